The Morgan fingerprint density at radius 1 is 0.949 bits per heavy atom. The first-order chi connectivity index (χ1) is 19.1. The minimum Gasteiger partial charge on any atom is -0.341 e. The molecule has 2 fully saturated rings. The van der Waals surface area contributed by atoms with Gasteiger partial charge in [0.05, 0.1) is 5.69 Å². The first kappa shape index (κ1) is 26.8. The van der Waals surface area contributed by atoms with Crippen LogP contribution in [0.1, 0.15) is 105 Å². The van der Waals surface area contributed by atoms with Crippen molar-refractivity contribution < 1.29 is 4.79 Å². The van der Waals surface area contributed by atoms with E-state index in [4.69, 9.17) is 0 Å². The number of unbranched alkanes of at least 4 members (excludes halogenated alkanes) is 1. The fourth-order valence-corrected chi connectivity index (χ4v) is 8.77. The Labute approximate surface area is 236 Å². The molecule has 1 atom stereocenters. The monoisotopic (exact) mass is 524 g/mol. The molecule has 1 unspecified atom stereocenters. The molecule has 2 heterocycles. The lowest BCUT2D eigenvalue weighted by atomic mass is 9.54. The molecule has 0 spiro atoms. The standard InChI is InChI=1S/C36H48N2O/c1-3-4-15-35(39)34-26-29-25-27(16-17-33(29)37(34)2)18-22-38-23-19-31(20-24-38)36(30-12-6-7-13-30)21-9-11-28-10-5-8-14-32(28)36/h5,8,10,14,16-17,25-26,30-31H,3-4,6-7,9,11-13,15,18-24H2,1-2H3. The van der Waals surface area contributed by atoms with Crippen molar-refractivity contribution in [3.05, 3.63) is 70.9 Å². The predicted octanol–water partition coefficient (Wildman–Crippen LogP) is 8.27. The van der Waals surface area contributed by atoms with Crippen molar-refractivity contribution in [2.45, 2.75) is 95.8 Å². The summed E-state index contributed by atoms with van der Waals surface area (Å²) in [4.78, 5) is 15.4. The molecule has 0 N–H and O–H groups in total. The van der Waals surface area contributed by atoms with Gasteiger partial charge in [0.15, 0.2) is 5.78 Å². The number of likely N-dealkylation sites (tertiary alicyclic amines) is 1. The number of fused-ring (bicyclic) bond motifs is 2. The number of carbonyl (C=O) groups is 1. The highest BCUT2D eigenvalue weighted by Gasteiger charge is 2.49. The van der Waals surface area contributed by atoms with Gasteiger partial charge < -0.3 is 9.47 Å². The first-order valence-corrected chi connectivity index (χ1v) is 16.0. The van der Waals surface area contributed by atoms with Gasteiger partial charge in [-0.25, -0.2) is 0 Å². The van der Waals surface area contributed by atoms with Crippen LogP contribution in [0.15, 0.2) is 48.5 Å². The molecule has 6 rings (SSSR count). The van der Waals surface area contributed by atoms with Crippen molar-refractivity contribution >= 4 is 16.7 Å². The third-order valence-corrected chi connectivity index (χ3v) is 10.8. The number of Topliss-reactive ketones (excluding diaryl/α,β-unsaturated/α-hetero) is 1. The smallest absolute Gasteiger partial charge is 0.179 e. The van der Waals surface area contributed by atoms with Crippen molar-refractivity contribution in [1.29, 1.82) is 0 Å². The Bertz CT molecular complexity index is 1290. The molecule has 208 valence electrons. The maximum atomic E-state index is 12.7. The summed E-state index contributed by atoms with van der Waals surface area (Å²) in [6, 6.07) is 18.5. The molecule has 3 nitrogen and oxygen atoms in total. The highest BCUT2D eigenvalue weighted by molar-refractivity contribution is 6.00. The second-order valence-electron chi connectivity index (χ2n) is 12.9. The summed E-state index contributed by atoms with van der Waals surface area (Å²) in [5.41, 5.74) is 7.26. The molecule has 3 heteroatoms. The molecule has 1 aromatic heterocycles. The van der Waals surface area contributed by atoms with Crippen LogP contribution in [0.25, 0.3) is 10.9 Å². The number of nitrogens with zero attached hydrogens (tertiary/aromatic N) is 2. The van der Waals surface area contributed by atoms with E-state index in [9.17, 15) is 4.79 Å². The van der Waals surface area contributed by atoms with Crippen molar-refractivity contribution in [1.82, 2.24) is 9.47 Å². The van der Waals surface area contributed by atoms with Gasteiger partial charge in [-0.1, -0.05) is 56.5 Å². The van der Waals surface area contributed by atoms with E-state index in [1.165, 1.54) is 87.3 Å². The maximum absolute atomic E-state index is 12.7. The van der Waals surface area contributed by atoms with E-state index >= 15 is 0 Å². The molecule has 0 amide bonds. The summed E-state index contributed by atoms with van der Waals surface area (Å²) in [5, 5.41) is 1.21. The van der Waals surface area contributed by atoms with Crippen molar-refractivity contribution in [3.63, 3.8) is 0 Å². The summed E-state index contributed by atoms with van der Waals surface area (Å²) in [7, 11) is 2.04. The van der Waals surface area contributed by atoms with Crippen LogP contribution in [0, 0.1) is 11.8 Å². The van der Waals surface area contributed by atoms with Crippen LogP contribution < -0.4 is 0 Å². The molecular formula is C36H48N2O. The Morgan fingerprint density at radius 2 is 1.72 bits per heavy atom. The Hall–Kier alpha value is -2.39. The van der Waals surface area contributed by atoms with Gasteiger partial charge >= 0.3 is 0 Å². The molecule has 0 radical (unpaired) electrons. The minimum absolute atomic E-state index is 0.274. The summed E-state index contributed by atoms with van der Waals surface area (Å²) in [6.45, 7) is 5.77. The fourth-order valence-electron chi connectivity index (χ4n) is 8.77. The zero-order valence-corrected chi connectivity index (χ0v) is 24.4. The zero-order chi connectivity index (χ0) is 26.8. The highest BCUT2D eigenvalue weighted by Crippen LogP contribution is 2.55. The van der Waals surface area contributed by atoms with E-state index in [-0.39, 0.29) is 5.78 Å². The lowest BCUT2D eigenvalue weighted by molar-refractivity contribution is 0.0737. The normalized spacial score (nSPS) is 22.9. The van der Waals surface area contributed by atoms with E-state index in [1.54, 1.807) is 11.1 Å². The molecule has 1 saturated carbocycles. The van der Waals surface area contributed by atoms with Gasteiger partial charge in [0, 0.05) is 36.3 Å². The number of piperidine rings is 1. The van der Waals surface area contributed by atoms with Crippen LogP contribution in [0.2, 0.25) is 0 Å². The van der Waals surface area contributed by atoms with E-state index in [2.05, 4.69) is 64.9 Å². The molecule has 2 aromatic carbocycles. The second kappa shape index (κ2) is 11.6. The molecule has 1 aliphatic heterocycles. The van der Waals surface area contributed by atoms with Crippen LogP contribution in [0.3, 0.4) is 0 Å². The third kappa shape index (κ3) is 5.12. The van der Waals surface area contributed by atoms with Gasteiger partial charge in [-0.2, -0.15) is 0 Å². The van der Waals surface area contributed by atoms with Gasteiger partial charge in [0.25, 0.3) is 0 Å². The Kier molecular flexibility index (Phi) is 7.98. The minimum atomic E-state index is 0.274. The quantitative estimate of drug-likeness (QED) is 0.263. The summed E-state index contributed by atoms with van der Waals surface area (Å²) in [5.74, 6) is 2.01. The molecular weight excluding hydrogens is 476 g/mol. The van der Waals surface area contributed by atoms with Crippen LogP contribution in [-0.4, -0.2) is 34.9 Å². The molecule has 3 aromatic rings. The van der Waals surface area contributed by atoms with Gasteiger partial charge in [-0.15, -0.1) is 0 Å². The maximum Gasteiger partial charge on any atom is 0.179 e. The number of aryl methyl sites for hydroxylation is 2. The summed E-state index contributed by atoms with van der Waals surface area (Å²) >= 11 is 0. The number of ketones is 1. The molecule has 1 saturated heterocycles. The summed E-state index contributed by atoms with van der Waals surface area (Å²) < 4.78 is 2.09. The summed E-state index contributed by atoms with van der Waals surface area (Å²) in [6.07, 6.45) is 16.3. The highest BCUT2D eigenvalue weighted by atomic mass is 16.1. The Morgan fingerprint density at radius 3 is 2.51 bits per heavy atom. The van der Waals surface area contributed by atoms with Crippen LogP contribution in [-0.2, 0) is 25.3 Å². The number of rotatable bonds is 9. The van der Waals surface area contributed by atoms with E-state index in [0.29, 0.717) is 11.8 Å². The second-order valence-corrected chi connectivity index (χ2v) is 12.9. The van der Waals surface area contributed by atoms with Gasteiger partial charge in [-0.3, -0.25) is 4.79 Å². The van der Waals surface area contributed by atoms with Gasteiger partial charge in [-0.05, 0) is 118 Å². The lowest BCUT2D eigenvalue weighted by Gasteiger charge is -2.52. The van der Waals surface area contributed by atoms with E-state index in [1.807, 2.05) is 7.05 Å². The number of benzene rings is 2. The van der Waals surface area contributed by atoms with Gasteiger partial charge in [0.1, 0.15) is 0 Å². The number of hydrogen-bond donors (Lipinski definition) is 0. The van der Waals surface area contributed by atoms with Crippen LogP contribution in [0.4, 0.5) is 0 Å². The zero-order valence-electron chi connectivity index (χ0n) is 24.4. The number of hydrogen-bond acceptors (Lipinski definition) is 2. The van der Waals surface area contributed by atoms with Crippen molar-refractivity contribution in [3.8, 4) is 0 Å². The van der Waals surface area contributed by atoms with Crippen molar-refractivity contribution in [2.24, 2.45) is 18.9 Å². The average Bonchev–Trinajstić information content (AvgIpc) is 3.63. The van der Waals surface area contributed by atoms with E-state index in [0.717, 1.165) is 43.3 Å². The fraction of sp³-hybridized carbons (Fsp3) is 0.583. The third-order valence-electron chi connectivity index (χ3n) is 10.8. The lowest BCUT2D eigenvalue weighted by Crippen LogP contribution is -2.49. The van der Waals surface area contributed by atoms with E-state index < -0.39 is 0 Å². The van der Waals surface area contributed by atoms with Crippen LogP contribution >= 0.6 is 0 Å². The first-order valence-electron chi connectivity index (χ1n) is 16.0. The molecule has 39 heavy (non-hydrogen) atoms. The average molecular weight is 525 g/mol. The number of aromatic nitrogens is 1. The largest absolute Gasteiger partial charge is 0.341 e. The topological polar surface area (TPSA) is 25.2 Å². The number of carbonyl (C=O) groups excluding carboxylic acids is 1. The van der Waals surface area contributed by atoms with Crippen molar-refractivity contribution in [2.75, 3.05) is 19.6 Å². The Balaban J connectivity index is 1.11. The molecule has 3 aliphatic rings. The molecule has 0 bridgehead atoms. The SMILES string of the molecule is CCCCC(=O)c1cc2cc(CCN3CCC(C4(C5CCCC5)CCCc5ccccc54)CC3)ccc2n1C. The van der Waals surface area contributed by atoms with Crippen LogP contribution in [0.5, 0.6) is 0 Å². The molecule has 2 aliphatic carbocycles. The van der Waals surface area contributed by atoms with Gasteiger partial charge in [0.2, 0.25) is 0 Å². The predicted molar refractivity (Wildman–Crippen MR) is 163 cm³/mol.